The van der Waals surface area contributed by atoms with Crippen LogP contribution in [0, 0.1) is 0 Å². The minimum Gasteiger partial charge on any atom is -0.468 e. The average molecular weight is 363 g/mol. The first-order valence-electron chi connectivity index (χ1n) is 7.58. The van der Waals surface area contributed by atoms with Crippen molar-refractivity contribution in [3.05, 3.63) is 41.2 Å². The van der Waals surface area contributed by atoms with Crippen molar-refractivity contribution in [2.45, 2.75) is 31.3 Å². The number of ether oxygens (including phenoxy) is 1. The molecule has 0 saturated heterocycles. The van der Waals surface area contributed by atoms with Gasteiger partial charge in [-0.15, -0.1) is 21.5 Å². The van der Waals surface area contributed by atoms with Crippen molar-refractivity contribution in [3.8, 4) is 10.7 Å². The number of furan rings is 1. The van der Waals surface area contributed by atoms with E-state index in [4.69, 9.17) is 9.15 Å². The van der Waals surface area contributed by atoms with Gasteiger partial charge in [0, 0.05) is 6.54 Å². The summed E-state index contributed by atoms with van der Waals surface area (Å²) in [6.45, 7) is 4.94. The van der Waals surface area contributed by atoms with Crippen molar-refractivity contribution in [1.29, 1.82) is 0 Å². The largest absolute Gasteiger partial charge is 0.468 e. The van der Waals surface area contributed by atoms with Crippen molar-refractivity contribution in [1.82, 2.24) is 14.8 Å². The number of thioether (sulfide) groups is 1. The molecular formula is C16H17N3O3S2. The van der Waals surface area contributed by atoms with Gasteiger partial charge in [0.05, 0.1) is 23.5 Å². The Balaban J connectivity index is 1.76. The second-order valence-corrected chi connectivity index (χ2v) is 6.68. The van der Waals surface area contributed by atoms with Crippen LogP contribution in [0.2, 0.25) is 0 Å². The summed E-state index contributed by atoms with van der Waals surface area (Å²) < 4.78 is 12.5. The van der Waals surface area contributed by atoms with E-state index < -0.39 is 0 Å². The second-order valence-electron chi connectivity index (χ2n) is 4.79. The summed E-state index contributed by atoms with van der Waals surface area (Å²) in [4.78, 5) is 13.0. The van der Waals surface area contributed by atoms with Gasteiger partial charge in [0.25, 0.3) is 0 Å². The second kappa shape index (κ2) is 7.67. The molecule has 0 bridgehead atoms. The zero-order valence-corrected chi connectivity index (χ0v) is 15.0. The van der Waals surface area contributed by atoms with Gasteiger partial charge >= 0.3 is 5.97 Å². The predicted octanol–water partition coefficient (Wildman–Crippen LogP) is 4.09. The Bertz CT molecular complexity index is 809. The molecule has 0 aliphatic rings. The van der Waals surface area contributed by atoms with Crippen molar-refractivity contribution in [2.75, 3.05) is 6.61 Å². The first kappa shape index (κ1) is 16.8. The highest BCUT2D eigenvalue weighted by Gasteiger charge is 2.18. The van der Waals surface area contributed by atoms with Crippen molar-refractivity contribution >= 4 is 29.1 Å². The third-order valence-electron chi connectivity index (χ3n) is 3.35. The lowest BCUT2D eigenvalue weighted by atomic mass is 10.3. The van der Waals surface area contributed by atoms with Crippen LogP contribution in [-0.4, -0.2) is 27.3 Å². The van der Waals surface area contributed by atoms with Gasteiger partial charge in [-0.05, 0) is 31.4 Å². The van der Waals surface area contributed by atoms with Gasteiger partial charge in [-0.25, -0.2) is 4.79 Å². The molecule has 0 N–H and O–H groups in total. The topological polar surface area (TPSA) is 70.2 Å². The summed E-state index contributed by atoms with van der Waals surface area (Å²) >= 11 is 3.12. The van der Waals surface area contributed by atoms with Crippen LogP contribution in [0.1, 0.15) is 30.0 Å². The van der Waals surface area contributed by atoms with E-state index in [1.165, 1.54) is 18.0 Å². The molecule has 8 heteroatoms. The van der Waals surface area contributed by atoms with Crippen molar-refractivity contribution in [3.63, 3.8) is 0 Å². The molecule has 3 aromatic heterocycles. The van der Waals surface area contributed by atoms with Crippen LogP contribution in [0.3, 0.4) is 0 Å². The Hall–Kier alpha value is -2.06. The fourth-order valence-electron chi connectivity index (χ4n) is 2.24. The molecule has 0 aromatic carbocycles. The highest BCUT2D eigenvalue weighted by Crippen LogP contribution is 2.29. The van der Waals surface area contributed by atoms with E-state index in [0.29, 0.717) is 23.7 Å². The van der Waals surface area contributed by atoms with Crippen LogP contribution in [-0.2, 0) is 17.0 Å². The molecule has 3 heterocycles. The fraction of sp³-hybridized carbons (Fsp3) is 0.312. The maximum Gasteiger partial charge on any atom is 0.341 e. The zero-order valence-electron chi connectivity index (χ0n) is 13.4. The number of thiophene rings is 1. The van der Waals surface area contributed by atoms with Crippen molar-refractivity contribution in [2.24, 2.45) is 0 Å². The van der Waals surface area contributed by atoms with E-state index in [2.05, 4.69) is 21.7 Å². The molecule has 3 rings (SSSR count). The number of rotatable bonds is 7. The van der Waals surface area contributed by atoms with Gasteiger partial charge in [0.2, 0.25) is 0 Å². The van der Waals surface area contributed by atoms with E-state index in [1.54, 1.807) is 24.3 Å². The Morgan fingerprint density at radius 1 is 1.38 bits per heavy atom. The minimum atomic E-state index is -0.363. The first-order chi connectivity index (χ1) is 11.7. The molecule has 0 unspecified atom stereocenters. The van der Waals surface area contributed by atoms with E-state index in [0.717, 1.165) is 22.4 Å². The normalized spacial score (nSPS) is 10.9. The molecular weight excluding hydrogens is 346 g/mol. The van der Waals surface area contributed by atoms with Crippen LogP contribution in [0.5, 0.6) is 0 Å². The molecule has 0 atom stereocenters. The molecule has 0 fully saturated rings. The zero-order chi connectivity index (χ0) is 16.9. The number of hydrogen-bond donors (Lipinski definition) is 0. The Morgan fingerprint density at radius 2 is 2.25 bits per heavy atom. The standard InChI is InChI=1S/C16H17N3O3S2/c1-3-19-14(13-6-5-9-23-13)17-18-16(19)24-10-12-11(7-8-22-12)15(20)21-4-2/h5-9H,3-4,10H2,1-2H3. The predicted molar refractivity (Wildman–Crippen MR) is 93.2 cm³/mol. The molecule has 0 saturated carbocycles. The molecule has 6 nitrogen and oxygen atoms in total. The molecule has 3 aromatic rings. The number of aromatic nitrogens is 3. The lowest BCUT2D eigenvalue weighted by Crippen LogP contribution is -2.05. The number of hydrogen-bond acceptors (Lipinski definition) is 7. The SMILES string of the molecule is CCOC(=O)c1ccoc1CSc1nnc(-c2cccs2)n1CC. The van der Waals surface area contributed by atoms with Crippen molar-refractivity contribution < 1.29 is 13.9 Å². The fourth-order valence-corrected chi connectivity index (χ4v) is 3.91. The smallest absolute Gasteiger partial charge is 0.341 e. The van der Waals surface area contributed by atoms with Gasteiger partial charge < -0.3 is 13.7 Å². The Kier molecular flexibility index (Phi) is 5.37. The summed E-state index contributed by atoms with van der Waals surface area (Å²) in [5, 5.41) is 11.4. The molecule has 0 spiro atoms. The molecule has 0 amide bonds. The molecule has 24 heavy (non-hydrogen) atoms. The van der Waals surface area contributed by atoms with Gasteiger partial charge in [0.1, 0.15) is 11.3 Å². The maximum absolute atomic E-state index is 11.9. The van der Waals surface area contributed by atoms with Crippen LogP contribution in [0.15, 0.2) is 39.4 Å². The summed E-state index contributed by atoms with van der Waals surface area (Å²) in [7, 11) is 0. The average Bonchev–Trinajstić information content (AvgIpc) is 3.31. The molecule has 0 aliphatic heterocycles. The van der Waals surface area contributed by atoms with Crippen LogP contribution in [0.25, 0.3) is 10.7 Å². The Labute approximate surface area is 147 Å². The first-order valence-corrected chi connectivity index (χ1v) is 9.44. The van der Waals surface area contributed by atoms with Crippen LogP contribution in [0.4, 0.5) is 0 Å². The highest BCUT2D eigenvalue weighted by molar-refractivity contribution is 7.98. The van der Waals surface area contributed by atoms with Crippen LogP contribution < -0.4 is 0 Å². The summed E-state index contributed by atoms with van der Waals surface area (Å²) in [6.07, 6.45) is 1.50. The van der Waals surface area contributed by atoms with E-state index in [9.17, 15) is 4.79 Å². The number of carbonyl (C=O) groups excluding carboxylic acids is 1. The number of nitrogens with zero attached hydrogens (tertiary/aromatic N) is 3. The number of esters is 1. The minimum absolute atomic E-state index is 0.338. The van der Waals surface area contributed by atoms with Crippen LogP contribution >= 0.6 is 23.1 Å². The lowest BCUT2D eigenvalue weighted by Gasteiger charge is -2.06. The Morgan fingerprint density at radius 3 is 2.96 bits per heavy atom. The monoisotopic (exact) mass is 363 g/mol. The summed E-state index contributed by atoms with van der Waals surface area (Å²) in [5.41, 5.74) is 0.463. The van der Waals surface area contributed by atoms with Gasteiger partial charge in [-0.1, -0.05) is 17.8 Å². The summed E-state index contributed by atoms with van der Waals surface area (Å²) in [5.74, 6) is 1.57. The third-order valence-corrected chi connectivity index (χ3v) is 5.18. The number of carbonyl (C=O) groups is 1. The summed E-state index contributed by atoms with van der Waals surface area (Å²) in [6, 6.07) is 5.66. The third kappa shape index (κ3) is 3.39. The highest BCUT2D eigenvalue weighted by atomic mass is 32.2. The molecule has 0 radical (unpaired) electrons. The van der Waals surface area contributed by atoms with E-state index in [-0.39, 0.29) is 5.97 Å². The van der Waals surface area contributed by atoms with Gasteiger partial charge in [-0.2, -0.15) is 0 Å². The van der Waals surface area contributed by atoms with Gasteiger partial charge in [0.15, 0.2) is 11.0 Å². The van der Waals surface area contributed by atoms with Gasteiger partial charge in [-0.3, -0.25) is 0 Å². The molecule has 126 valence electrons. The maximum atomic E-state index is 11.9. The lowest BCUT2D eigenvalue weighted by molar-refractivity contribution is 0.0524. The quantitative estimate of drug-likeness (QED) is 0.465. The van der Waals surface area contributed by atoms with E-state index >= 15 is 0 Å². The molecule has 0 aliphatic carbocycles. The van der Waals surface area contributed by atoms with E-state index in [1.807, 2.05) is 17.5 Å².